The highest BCUT2D eigenvalue weighted by Gasteiger charge is 2.28. The molecule has 7 nitrogen and oxygen atoms in total. The third kappa shape index (κ3) is 4.80. The molecule has 3 aromatic rings. The van der Waals surface area contributed by atoms with E-state index in [0.29, 0.717) is 41.4 Å². The van der Waals surface area contributed by atoms with Gasteiger partial charge >= 0.3 is 0 Å². The Balaban J connectivity index is 1.57. The Morgan fingerprint density at radius 1 is 1.18 bits per heavy atom. The van der Waals surface area contributed by atoms with Gasteiger partial charge in [-0.3, -0.25) is 9.59 Å². The first-order valence-corrected chi connectivity index (χ1v) is 10.5. The Kier molecular flexibility index (Phi) is 6.27. The molecule has 0 saturated heterocycles. The van der Waals surface area contributed by atoms with Crippen LogP contribution in [0.4, 0.5) is 5.69 Å². The molecule has 2 amide bonds. The average molecular weight is 441 g/mol. The van der Waals surface area contributed by atoms with E-state index in [9.17, 15) is 9.59 Å². The van der Waals surface area contributed by atoms with E-state index >= 15 is 0 Å². The van der Waals surface area contributed by atoms with Gasteiger partial charge in [-0.1, -0.05) is 18.2 Å². The molecule has 1 atom stereocenters. The molecule has 166 valence electrons. The van der Waals surface area contributed by atoms with Crippen molar-refractivity contribution in [3.05, 3.63) is 89.0 Å². The molecule has 0 aliphatic carbocycles. The Labute approximate surface area is 192 Å². The number of nitrogens with zero attached hydrogens (tertiary/aromatic N) is 2. The van der Waals surface area contributed by atoms with Crippen molar-refractivity contribution < 1.29 is 19.1 Å². The molecule has 3 aromatic carbocycles. The fraction of sp³-hybridized carbons (Fsp3) is 0.192. The summed E-state index contributed by atoms with van der Waals surface area (Å²) in [5, 5.41) is 11.8. The van der Waals surface area contributed by atoms with Gasteiger partial charge in [-0.25, -0.2) is 0 Å². The summed E-state index contributed by atoms with van der Waals surface area (Å²) < 4.78 is 11.3. The number of rotatable bonds is 5. The molecule has 1 heterocycles. The van der Waals surface area contributed by atoms with E-state index in [1.807, 2.05) is 36.4 Å². The van der Waals surface area contributed by atoms with Crippen LogP contribution in [0, 0.1) is 11.3 Å². The van der Waals surface area contributed by atoms with Crippen LogP contribution >= 0.6 is 0 Å². The van der Waals surface area contributed by atoms with E-state index < -0.39 is 6.10 Å². The van der Waals surface area contributed by atoms with Crippen molar-refractivity contribution in [2.45, 2.75) is 26.1 Å². The third-order valence-corrected chi connectivity index (χ3v) is 5.47. The number of hydrogen-bond donors (Lipinski definition) is 1. The molecule has 0 aromatic heterocycles. The van der Waals surface area contributed by atoms with Gasteiger partial charge in [0.25, 0.3) is 11.8 Å². The number of para-hydroxylation sites is 1. The Bertz CT molecular complexity index is 1230. The smallest absolute Gasteiger partial charge is 0.263 e. The lowest BCUT2D eigenvalue weighted by molar-refractivity contribution is -0.138. The highest BCUT2D eigenvalue weighted by molar-refractivity contribution is 6.04. The zero-order valence-electron chi connectivity index (χ0n) is 18.4. The number of amides is 2. The first kappa shape index (κ1) is 21.9. The molecule has 7 heteroatoms. The summed E-state index contributed by atoms with van der Waals surface area (Å²) in [6.45, 7) is 2.43. The van der Waals surface area contributed by atoms with Gasteiger partial charge in [0.2, 0.25) is 0 Å². The van der Waals surface area contributed by atoms with Gasteiger partial charge < -0.3 is 19.7 Å². The summed E-state index contributed by atoms with van der Waals surface area (Å²) in [7, 11) is 1.60. The molecule has 1 N–H and O–H groups in total. The number of hydrogen-bond acceptors (Lipinski definition) is 5. The van der Waals surface area contributed by atoms with E-state index in [4.69, 9.17) is 14.7 Å². The summed E-state index contributed by atoms with van der Waals surface area (Å²) in [5.41, 5.74) is 3.21. The quantitative estimate of drug-likeness (QED) is 0.643. The van der Waals surface area contributed by atoms with Crippen LogP contribution in [-0.4, -0.2) is 29.9 Å². The van der Waals surface area contributed by atoms with Crippen LogP contribution in [-0.2, 0) is 17.9 Å². The molecule has 0 saturated carbocycles. The lowest BCUT2D eigenvalue weighted by Crippen LogP contribution is -2.37. The molecular weight excluding hydrogens is 418 g/mol. The van der Waals surface area contributed by atoms with Gasteiger partial charge in [0.15, 0.2) is 6.10 Å². The molecule has 4 rings (SSSR count). The van der Waals surface area contributed by atoms with Crippen molar-refractivity contribution in [2.24, 2.45) is 0 Å². The van der Waals surface area contributed by atoms with Crippen LogP contribution in [0.1, 0.15) is 34.0 Å². The second kappa shape index (κ2) is 9.45. The van der Waals surface area contributed by atoms with Crippen molar-refractivity contribution in [1.29, 1.82) is 5.26 Å². The molecule has 0 radical (unpaired) electrons. The normalized spacial score (nSPS) is 15.0. The lowest BCUT2D eigenvalue weighted by Gasteiger charge is -2.23. The van der Waals surface area contributed by atoms with Crippen LogP contribution in [0.3, 0.4) is 0 Å². The number of methoxy groups -OCH3 is 1. The molecule has 1 aliphatic heterocycles. The Hall–Kier alpha value is -4.31. The van der Waals surface area contributed by atoms with Crippen molar-refractivity contribution in [3.8, 4) is 17.6 Å². The number of ether oxygens (including phenoxy) is 2. The standard InChI is InChI=1S/C26H23N3O4/c1-17-26(31)29(15-20-5-3-4-6-23(20)32-2)16-21-13-22(11-12-24(21)33-17)28-25(30)19-9-7-18(14-27)8-10-19/h3-13,17H,15-16H2,1-2H3,(H,28,30). The fourth-order valence-electron chi connectivity index (χ4n) is 3.75. The number of nitriles is 1. The van der Waals surface area contributed by atoms with E-state index in [1.54, 1.807) is 55.3 Å². The van der Waals surface area contributed by atoms with E-state index in [1.165, 1.54) is 0 Å². The largest absolute Gasteiger partial charge is 0.496 e. The Morgan fingerprint density at radius 2 is 1.94 bits per heavy atom. The van der Waals surface area contributed by atoms with E-state index in [-0.39, 0.29) is 11.8 Å². The number of carbonyl (C=O) groups is 2. The zero-order chi connectivity index (χ0) is 23.4. The maximum absolute atomic E-state index is 13.0. The van der Waals surface area contributed by atoms with Crippen LogP contribution in [0.5, 0.6) is 11.5 Å². The zero-order valence-corrected chi connectivity index (χ0v) is 18.4. The van der Waals surface area contributed by atoms with Crippen molar-refractivity contribution in [2.75, 3.05) is 12.4 Å². The maximum Gasteiger partial charge on any atom is 0.263 e. The summed E-state index contributed by atoms with van der Waals surface area (Å²) in [5.74, 6) is 0.908. The van der Waals surface area contributed by atoms with Gasteiger partial charge in [-0.2, -0.15) is 5.26 Å². The molecule has 1 aliphatic rings. The molecule has 33 heavy (non-hydrogen) atoms. The monoisotopic (exact) mass is 441 g/mol. The Morgan fingerprint density at radius 3 is 2.67 bits per heavy atom. The molecule has 0 bridgehead atoms. The van der Waals surface area contributed by atoms with Crippen molar-refractivity contribution >= 4 is 17.5 Å². The minimum atomic E-state index is -0.639. The van der Waals surface area contributed by atoms with E-state index in [2.05, 4.69) is 5.32 Å². The highest BCUT2D eigenvalue weighted by atomic mass is 16.5. The lowest BCUT2D eigenvalue weighted by atomic mass is 10.1. The van der Waals surface area contributed by atoms with Crippen molar-refractivity contribution in [3.63, 3.8) is 0 Å². The van der Waals surface area contributed by atoms with E-state index in [0.717, 1.165) is 11.1 Å². The first-order chi connectivity index (χ1) is 16.0. The minimum absolute atomic E-state index is 0.125. The summed E-state index contributed by atoms with van der Waals surface area (Å²) >= 11 is 0. The predicted octanol–water partition coefficient (Wildman–Crippen LogP) is 4.13. The van der Waals surface area contributed by atoms with Gasteiger partial charge in [0.05, 0.1) is 18.7 Å². The topological polar surface area (TPSA) is 91.7 Å². The fourth-order valence-corrected chi connectivity index (χ4v) is 3.75. The van der Waals surface area contributed by atoms with Crippen molar-refractivity contribution in [1.82, 2.24) is 4.90 Å². The highest BCUT2D eigenvalue weighted by Crippen LogP contribution is 2.30. The van der Waals surface area contributed by atoms with Gasteiger partial charge in [-0.15, -0.1) is 0 Å². The first-order valence-electron chi connectivity index (χ1n) is 10.5. The van der Waals surface area contributed by atoms with Crippen LogP contribution in [0.25, 0.3) is 0 Å². The average Bonchev–Trinajstić information content (AvgIpc) is 2.95. The SMILES string of the molecule is COc1ccccc1CN1Cc2cc(NC(=O)c3ccc(C#N)cc3)ccc2OC(C)C1=O. The van der Waals surface area contributed by atoms with Crippen LogP contribution in [0.15, 0.2) is 66.7 Å². The number of carbonyl (C=O) groups excluding carboxylic acids is 2. The number of nitrogens with one attached hydrogen (secondary N) is 1. The summed E-state index contributed by atoms with van der Waals surface area (Å²) in [4.78, 5) is 27.3. The molecular formula is C26H23N3O4. The number of benzene rings is 3. The minimum Gasteiger partial charge on any atom is -0.496 e. The molecule has 0 fully saturated rings. The van der Waals surface area contributed by atoms with Crippen LogP contribution in [0.2, 0.25) is 0 Å². The summed E-state index contributed by atoms with van der Waals surface area (Å²) in [6, 6.07) is 21.4. The maximum atomic E-state index is 13.0. The molecule has 1 unspecified atom stereocenters. The second-order valence-electron chi connectivity index (χ2n) is 7.73. The van der Waals surface area contributed by atoms with Crippen LogP contribution < -0.4 is 14.8 Å². The van der Waals surface area contributed by atoms with Gasteiger partial charge in [0.1, 0.15) is 11.5 Å². The molecule has 0 spiro atoms. The number of fused-ring (bicyclic) bond motifs is 1. The number of anilines is 1. The second-order valence-corrected chi connectivity index (χ2v) is 7.73. The van der Waals surface area contributed by atoms with Gasteiger partial charge in [0, 0.05) is 35.5 Å². The predicted molar refractivity (Wildman–Crippen MR) is 123 cm³/mol. The summed E-state index contributed by atoms with van der Waals surface area (Å²) in [6.07, 6.45) is -0.639. The third-order valence-electron chi connectivity index (χ3n) is 5.47. The van der Waals surface area contributed by atoms with Gasteiger partial charge in [-0.05, 0) is 55.5 Å².